The second kappa shape index (κ2) is 5.76. The van der Waals surface area contributed by atoms with Gasteiger partial charge in [-0.15, -0.1) is 0 Å². The van der Waals surface area contributed by atoms with Gasteiger partial charge in [0.2, 0.25) is 0 Å². The first-order chi connectivity index (χ1) is 10.6. The molecule has 0 amide bonds. The summed E-state index contributed by atoms with van der Waals surface area (Å²) in [5.41, 5.74) is 4.43. The lowest BCUT2D eigenvalue weighted by atomic mass is 9.94. The average Bonchev–Trinajstić information content (AvgIpc) is 2.98. The molecule has 1 aliphatic carbocycles. The lowest BCUT2D eigenvalue weighted by Crippen LogP contribution is -2.11. The molecular formula is C19H18O3. The van der Waals surface area contributed by atoms with Gasteiger partial charge in [-0.05, 0) is 30.9 Å². The summed E-state index contributed by atoms with van der Waals surface area (Å²) in [7, 11) is 1.40. The maximum Gasteiger partial charge on any atom is 0.313 e. The molecule has 0 saturated heterocycles. The number of aryl methyl sites for hydroxylation is 1. The van der Waals surface area contributed by atoms with E-state index < -0.39 is 0 Å². The number of fused-ring (bicyclic) bond motifs is 1. The zero-order valence-electron chi connectivity index (χ0n) is 12.8. The smallest absolute Gasteiger partial charge is 0.313 e. The molecule has 3 rings (SSSR count). The number of benzene rings is 2. The fourth-order valence-electron chi connectivity index (χ4n) is 3.11. The van der Waals surface area contributed by atoms with E-state index in [1.165, 1.54) is 7.11 Å². The topological polar surface area (TPSA) is 43.4 Å². The Hall–Kier alpha value is -2.42. The van der Waals surface area contributed by atoms with Gasteiger partial charge in [-0.3, -0.25) is 9.59 Å². The highest BCUT2D eigenvalue weighted by Gasteiger charge is 2.32. The molecule has 22 heavy (non-hydrogen) atoms. The predicted molar refractivity (Wildman–Crippen MR) is 84.1 cm³/mol. The van der Waals surface area contributed by atoms with Gasteiger partial charge in [0.1, 0.15) is 0 Å². The molecule has 0 radical (unpaired) electrons. The van der Waals surface area contributed by atoms with E-state index in [-0.39, 0.29) is 17.7 Å². The van der Waals surface area contributed by atoms with Crippen LogP contribution in [0.5, 0.6) is 0 Å². The van der Waals surface area contributed by atoms with Crippen LogP contribution in [0.4, 0.5) is 0 Å². The van der Waals surface area contributed by atoms with Crippen LogP contribution in [0.1, 0.15) is 45.0 Å². The Balaban J connectivity index is 2.00. The predicted octanol–water partition coefficient (Wildman–Crippen LogP) is 3.43. The van der Waals surface area contributed by atoms with Crippen molar-refractivity contribution in [3.05, 3.63) is 70.3 Å². The molecule has 0 bridgehead atoms. The molecule has 0 aliphatic heterocycles. The largest absolute Gasteiger partial charge is 0.469 e. The second-order valence-corrected chi connectivity index (χ2v) is 5.68. The lowest BCUT2D eigenvalue weighted by molar-refractivity contribution is -0.142. The van der Waals surface area contributed by atoms with Crippen LogP contribution in [0, 0.1) is 6.92 Å². The highest BCUT2D eigenvalue weighted by Crippen LogP contribution is 2.36. The van der Waals surface area contributed by atoms with Crippen molar-refractivity contribution in [3.63, 3.8) is 0 Å². The van der Waals surface area contributed by atoms with Crippen molar-refractivity contribution >= 4 is 11.8 Å². The SMILES string of the molecule is COC(=O)C1CCc2c(C(=O)c3ccc(C)cc3)cccc21. The fraction of sp³-hybridized carbons (Fsp3) is 0.263. The quantitative estimate of drug-likeness (QED) is 0.643. The molecule has 0 spiro atoms. The first-order valence-corrected chi connectivity index (χ1v) is 7.43. The number of methoxy groups -OCH3 is 1. The van der Waals surface area contributed by atoms with E-state index >= 15 is 0 Å². The van der Waals surface area contributed by atoms with Gasteiger partial charge < -0.3 is 4.74 Å². The van der Waals surface area contributed by atoms with E-state index in [1.807, 2.05) is 49.4 Å². The summed E-state index contributed by atoms with van der Waals surface area (Å²) in [6.45, 7) is 2.00. The zero-order valence-corrected chi connectivity index (χ0v) is 12.8. The van der Waals surface area contributed by atoms with Crippen molar-refractivity contribution in [1.29, 1.82) is 0 Å². The Morgan fingerprint density at radius 3 is 2.50 bits per heavy atom. The fourth-order valence-corrected chi connectivity index (χ4v) is 3.11. The van der Waals surface area contributed by atoms with Crippen molar-refractivity contribution in [3.8, 4) is 0 Å². The monoisotopic (exact) mass is 294 g/mol. The summed E-state index contributed by atoms with van der Waals surface area (Å²) in [4.78, 5) is 24.6. The zero-order chi connectivity index (χ0) is 15.7. The minimum atomic E-state index is -0.245. The van der Waals surface area contributed by atoms with E-state index in [2.05, 4.69) is 0 Å². The highest BCUT2D eigenvalue weighted by atomic mass is 16.5. The number of hydrogen-bond donors (Lipinski definition) is 0. The third-order valence-electron chi connectivity index (χ3n) is 4.31. The van der Waals surface area contributed by atoms with Gasteiger partial charge in [0, 0.05) is 11.1 Å². The van der Waals surface area contributed by atoms with Crippen LogP contribution < -0.4 is 0 Å². The highest BCUT2D eigenvalue weighted by molar-refractivity contribution is 6.10. The summed E-state index contributed by atoms with van der Waals surface area (Å²) in [5.74, 6) is -0.452. The number of rotatable bonds is 3. The Morgan fingerprint density at radius 1 is 1.09 bits per heavy atom. The molecule has 0 fully saturated rings. The number of carbonyl (C=O) groups is 2. The normalized spacial score (nSPS) is 16.2. The van der Waals surface area contributed by atoms with Crippen LogP contribution >= 0.6 is 0 Å². The first-order valence-electron chi connectivity index (χ1n) is 7.43. The molecule has 1 aliphatic rings. The molecule has 1 atom stereocenters. The third kappa shape index (κ3) is 2.43. The Kier molecular flexibility index (Phi) is 3.80. The van der Waals surface area contributed by atoms with Crippen molar-refractivity contribution in [2.24, 2.45) is 0 Å². The van der Waals surface area contributed by atoms with Crippen molar-refractivity contribution in [1.82, 2.24) is 0 Å². The maximum atomic E-state index is 12.7. The van der Waals surface area contributed by atoms with Gasteiger partial charge in [0.05, 0.1) is 13.0 Å². The molecule has 2 aromatic carbocycles. The maximum absolute atomic E-state index is 12.7. The van der Waals surface area contributed by atoms with E-state index in [9.17, 15) is 9.59 Å². The molecule has 3 heteroatoms. The van der Waals surface area contributed by atoms with Crippen LogP contribution in [0.25, 0.3) is 0 Å². The molecule has 0 saturated carbocycles. The van der Waals surface area contributed by atoms with Crippen LogP contribution in [0.15, 0.2) is 42.5 Å². The Bertz CT molecular complexity index is 729. The molecule has 3 nitrogen and oxygen atoms in total. The number of hydrogen-bond acceptors (Lipinski definition) is 3. The molecule has 112 valence electrons. The van der Waals surface area contributed by atoms with Crippen LogP contribution in [0.3, 0.4) is 0 Å². The van der Waals surface area contributed by atoms with Gasteiger partial charge in [0.15, 0.2) is 5.78 Å². The van der Waals surface area contributed by atoms with Gasteiger partial charge in [-0.25, -0.2) is 0 Å². The van der Waals surface area contributed by atoms with E-state index in [0.717, 1.165) is 23.1 Å². The Morgan fingerprint density at radius 2 is 1.82 bits per heavy atom. The van der Waals surface area contributed by atoms with Gasteiger partial charge in [-0.1, -0.05) is 48.0 Å². The number of ketones is 1. The molecule has 2 aromatic rings. The van der Waals surface area contributed by atoms with E-state index in [1.54, 1.807) is 0 Å². The average molecular weight is 294 g/mol. The second-order valence-electron chi connectivity index (χ2n) is 5.68. The van der Waals surface area contributed by atoms with Gasteiger partial charge in [0.25, 0.3) is 0 Å². The number of carbonyl (C=O) groups excluding carboxylic acids is 2. The summed E-state index contributed by atoms with van der Waals surface area (Å²) < 4.78 is 4.87. The Labute approximate surface area is 129 Å². The minimum absolute atomic E-state index is 0.0161. The van der Waals surface area contributed by atoms with E-state index in [0.29, 0.717) is 17.5 Å². The van der Waals surface area contributed by atoms with E-state index in [4.69, 9.17) is 4.74 Å². The lowest BCUT2D eigenvalue weighted by Gasteiger charge is -2.11. The van der Waals surface area contributed by atoms with Crippen molar-refractivity contribution in [2.75, 3.05) is 7.11 Å². The molecule has 0 N–H and O–H groups in total. The molecule has 0 aromatic heterocycles. The third-order valence-corrected chi connectivity index (χ3v) is 4.31. The summed E-state index contributed by atoms with van der Waals surface area (Å²) in [5, 5.41) is 0. The summed E-state index contributed by atoms with van der Waals surface area (Å²) in [6.07, 6.45) is 1.45. The van der Waals surface area contributed by atoms with Crippen LogP contribution in [-0.2, 0) is 16.0 Å². The standard InChI is InChI=1S/C19H18O3/c1-12-6-8-13(9-7-12)18(20)16-5-3-4-14-15(16)10-11-17(14)19(21)22-2/h3-9,17H,10-11H2,1-2H3. The summed E-state index contributed by atoms with van der Waals surface area (Å²) in [6, 6.07) is 13.2. The van der Waals surface area contributed by atoms with Crippen molar-refractivity contribution < 1.29 is 14.3 Å². The minimum Gasteiger partial charge on any atom is -0.469 e. The number of ether oxygens (including phenoxy) is 1. The molecular weight excluding hydrogens is 276 g/mol. The first kappa shape index (κ1) is 14.5. The number of esters is 1. The molecule has 0 heterocycles. The van der Waals surface area contributed by atoms with Gasteiger partial charge in [-0.2, -0.15) is 0 Å². The summed E-state index contributed by atoms with van der Waals surface area (Å²) >= 11 is 0. The van der Waals surface area contributed by atoms with Crippen LogP contribution in [0.2, 0.25) is 0 Å². The van der Waals surface area contributed by atoms with Gasteiger partial charge >= 0.3 is 5.97 Å². The van der Waals surface area contributed by atoms with Crippen LogP contribution in [-0.4, -0.2) is 18.9 Å². The molecule has 1 unspecified atom stereocenters. The van der Waals surface area contributed by atoms with Crippen molar-refractivity contribution in [2.45, 2.75) is 25.7 Å².